The molecule has 1 aliphatic carbocycles. The Labute approximate surface area is 241 Å². The number of urea groups is 1. The van der Waals surface area contributed by atoms with Crippen molar-refractivity contribution in [1.29, 1.82) is 0 Å². The van der Waals surface area contributed by atoms with Gasteiger partial charge in [-0.1, -0.05) is 55.7 Å². The van der Waals surface area contributed by atoms with Crippen LogP contribution in [0.2, 0.25) is 0 Å². The number of carbonyl (C=O) groups excluding carboxylic acids is 2. The molecule has 1 saturated carbocycles. The summed E-state index contributed by atoms with van der Waals surface area (Å²) < 4.78 is 28.5. The van der Waals surface area contributed by atoms with Gasteiger partial charge >= 0.3 is 6.03 Å². The maximum Gasteiger partial charge on any atom is 0.315 e. The zero-order chi connectivity index (χ0) is 26.5. The van der Waals surface area contributed by atoms with Gasteiger partial charge in [0.25, 0.3) is 0 Å². The van der Waals surface area contributed by atoms with Crippen LogP contribution in [0.4, 0.5) is 13.6 Å². The molecule has 10 heteroatoms. The maximum absolute atomic E-state index is 14.5. The average Bonchev–Trinajstić information content (AvgIpc) is 3.43. The predicted octanol–water partition coefficient (Wildman–Crippen LogP) is 4.24. The number of nitrogens with one attached hydrogen (secondary N) is 3. The van der Waals surface area contributed by atoms with E-state index in [1.807, 2.05) is 18.2 Å². The minimum atomic E-state index is -1.03. The molecule has 220 valence electrons. The Hall–Kier alpha value is -2.75. The highest BCUT2D eigenvalue weighted by Gasteiger charge is 2.53. The number of rotatable bonds is 7. The molecule has 5 N–H and O–H groups in total. The van der Waals surface area contributed by atoms with Crippen molar-refractivity contribution in [3.05, 3.63) is 71.3 Å². The second-order valence-electron chi connectivity index (χ2n) is 11.1. The van der Waals surface area contributed by atoms with Gasteiger partial charge in [0.2, 0.25) is 5.91 Å². The zero-order valence-corrected chi connectivity index (χ0v) is 23.6. The van der Waals surface area contributed by atoms with Gasteiger partial charge in [0.15, 0.2) is 11.6 Å². The summed E-state index contributed by atoms with van der Waals surface area (Å²) >= 11 is 0. The van der Waals surface area contributed by atoms with Crippen molar-refractivity contribution >= 4 is 24.3 Å². The number of amides is 3. The summed E-state index contributed by atoms with van der Waals surface area (Å²) in [5, 5.41) is 9.41. The van der Waals surface area contributed by atoms with E-state index in [9.17, 15) is 18.4 Å². The third-order valence-corrected chi connectivity index (χ3v) is 8.66. The fourth-order valence-corrected chi connectivity index (χ4v) is 6.77. The molecule has 2 aromatic carbocycles. The lowest BCUT2D eigenvalue weighted by molar-refractivity contribution is -0.126. The standard InChI is InChI=1S/C30H38F2N4O2.ClH.H2O/c31-25-14-13-22(18-26(25)32)24-20-33-28(37)19-30(24,35-29(38)34-23-11-5-6-12-23)27(36-15-7-2-8-16-36)17-21-9-3-1-4-10-21;;/h1,3-4,9-10,13-14,18,23-24,27H,2,5-8,11-12,15-17,19-20H2,(H,33,37)(H2,34,35,38);1H;1H2. The summed E-state index contributed by atoms with van der Waals surface area (Å²) in [4.78, 5) is 29.1. The van der Waals surface area contributed by atoms with Gasteiger partial charge in [0.05, 0.1) is 12.0 Å². The van der Waals surface area contributed by atoms with Crippen LogP contribution in [0, 0.1) is 11.6 Å². The van der Waals surface area contributed by atoms with Crippen LogP contribution in [0.3, 0.4) is 0 Å². The number of hydrogen-bond acceptors (Lipinski definition) is 3. The monoisotopic (exact) mass is 578 g/mol. The number of piperidine rings is 2. The van der Waals surface area contributed by atoms with Crippen molar-refractivity contribution < 1.29 is 23.8 Å². The Morgan fingerprint density at radius 1 is 1.00 bits per heavy atom. The molecule has 2 heterocycles. The van der Waals surface area contributed by atoms with Gasteiger partial charge in [0.1, 0.15) is 0 Å². The molecular formula is C30H41ClF2N4O3. The maximum atomic E-state index is 14.5. The number of likely N-dealkylation sites (tertiary alicyclic amines) is 1. The number of benzene rings is 2. The summed E-state index contributed by atoms with van der Waals surface area (Å²) in [5.74, 6) is -2.44. The van der Waals surface area contributed by atoms with Crippen molar-refractivity contribution in [2.75, 3.05) is 19.6 Å². The highest BCUT2D eigenvalue weighted by atomic mass is 35.5. The lowest BCUT2D eigenvalue weighted by Crippen LogP contribution is -2.72. The van der Waals surface area contributed by atoms with E-state index in [4.69, 9.17) is 0 Å². The topological polar surface area (TPSA) is 105 Å². The van der Waals surface area contributed by atoms with Crippen molar-refractivity contribution in [2.45, 2.75) is 81.3 Å². The second kappa shape index (κ2) is 14.2. The fourth-order valence-electron chi connectivity index (χ4n) is 6.77. The van der Waals surface area contributed by atoms with Crippen molar-refractivity contribution in [3.63, 3.8) is 0 Å². The summed E-state index contributed by atoms with van der Waals surface area (Å²) in [6.07, 6.45) is 7.95. The van der Waals surface area contributed by atoms with Crippen LogP contribution in [-0.2, 0) is 11.2 Å². The van der Waals surface area contributed by atoms with Crippen molar-refractivity contribution in [3.8, 4) is 0 Å². The van der Waals surface area contributed by atoms with Crippen molar-refractivity contribution in [1.82, 2.24) is 20.9 Å². The molecule has 0 aromatic heterocycles. The fraction of sp³-hybridized carbons (Fsp3) is 0.533. The molecule has 3 amide bonds. The van der Waals surface area contributed by atoms with Crippen LogP contribution in [0.5, 0.6) is 0 Å². The van der Waals surface area contributed by atoms with Crippen LogP contribution in [0.25, 0.3) is 0 Å². The second-order valence-corrected chi connectivity index (χ2v) is 11.1. The van der Waals surface area contributed by atoms with Gasteiger partial charge in [-0.05, 0) is 68.5 Å². The summed E-state index contributed by atoms with van der Waals surface area (Å²) in [5.41, 5.74) is 0.651. The van der Waals surface area contributed by atoms with E-state index in [2.05, 4.69) is 33.0 Å². The summed E-state index contributed by atoms with van der Waals surface area (Å²) in [6, 6.07) is 13.6. The molecule has 0 radical (unpaired) electrons. The number of nitrogens with zero attached hydrogens (tertiary/aromatic N) is 1. The normalized spacial score (nSPS) is 24.2. The van der Waals surface area contributed by atoms with E-state index >= 15 is 0 Å². The first-order valence-electron chi connectivity index (χ1n) is 14.0. The first-order valence-corrected chi connectivity index (χ1v) is 14.0. The molecule has 3 atom stereocenters. The van der Waals surface area contributed by atoms with Gasteiger partial charge in [0, 0.05) is 24.5 Å². The SMILES string of the molecule is Cl.O.O=C1CC(NC(=O)NC2CCCC2)(C(Cc2ccccc2)N2CCCCC2)C(c2ccc(F)c(F)c2)CN1. The highest BCUT2D eigenvalue weighted by Crippen LogP contribution is 2.41. The molecule has 2 aliphatic heterocycles. The summed E-state index contributed by atoms with van der Waals surface area (Å²) in [6.45, 7) is 1.95. The molecule has 5 rings (SSSR count). The van der Waals surface area contributed by atoms with Crippen LogP contribution < -0.4 is 16.0 Å². The Bertz CT molecular complexity index is 1130. The van der Waals surface area contributed by atoms with E-state index in [0.29, 0.717) is 12.0 Å². The Morgan fingerprint density at radius 2 is 1.70 bits per heavy atom. The minimum Gasteiger partial charge on any atom is -0.412 e. The van der Waals surface area contributed by atoms with E-state index in [1.165, 1.54) is 6.07 Å². The minimum absolute atomic E-state index is 0. The number of halogens is 3. The van der Waals surface area contributed by atoms with Gasteiger partial charge in [-0.25, -0.2) is 13.6 Å². The molecule has 3 aliphatic rings. The van der Waals surface area contributed by atoms with E-state index < -0.39 is 23.1 Å². The van der Waals surface area contributed by atoms with Crippen LogP contribution >= 0.6 is 12.4 Å². The summed E-state index contributed by atoms with van der Waals surface area (Å²) in [7, 11) is 0. The lowest BCUT2D eigenvalue weighted by atomic mass is 9.67. The number of hydrogen-bond donors (Lipinski definition) is 3. The largest absolute Gasteiger partial charge is 0.412 e. The first-order chi connectivity index (χ1) is 18.4. The van der Waals surface area contributed by atoms with Gasteiger partial charge < -0.3 is 21.4 Å². The van der Waals surface area contributed by atoms with Crippen molar-refractivity contribution in [2.24, 2.45) is 0 Å². The van der Waals surface area contributed by atoms with Crippen LogP contribution in [0.1, 0.15) is 68.4 Å². The molecule has 2 aromatic rings. The Kier molecular flexibility index (Phi) is 11.3. The van der Waals surface area contributed by atoms with Gasteiger partial charge in [-0.15, -0.1) is 12.4 Å². The highest BCUT2D eigenvalue weighted by molar-refractivity contribution is 5.85. The predicted molar refractivity (Wildman–Crippen MR) is 154 cm³/mol. The van der Waals surface area contributed by atoms with Crippen LogP contribution in [0.15, 0.2) is 48.5 Å². The third-order valence-electron chi connectivity index (χ3n) is 8.66. The Morgan fingerprint density at radius 3 is 2.38 bits per heavy atom. The lowest BCUT2D eigenvalue weighted by Gasteiger charge is -2.53. The van der Waals surface area contributed by atoms with E-state index in [1.54, 1.807) is 6.07 Å². The zero-order valence-electron chi connectivity index (χ0n) is 22.8. The molecule has 0 spiro atoms. The molecule has 40 heavy (non-hydrogen) atoms. The number of carbonyl (C=O) groups is 2. The van der Waals surface area contributed by atoms with E-state index in [-0.39, 0.29) is 54.9 Å². The smallest absolute Gasteiger partial charge is 0.315 e. The van der Waals surface area contributed by atoms with Crippen LogP contribution in [-0.4, -0.2) is 59.6 Å². The Balaban J connectivity index is 0.00000220. The molecule has 3 unspecified atom stereocenters. The molecule has 2 saturated heterocycles. The average molecular weight is 579 g/mol. The molecule has 7 nitrogen and oxygen atoms in total. The van der Waals surface area contributed by atoms with Gasteiger partial charge in [-0.3, -0.25) is 9.69 Å². The molecule has 3 fully saturated rings. The molecular weight excluding hydrogens is 538 g/mol. The molecule has 0 bridgehead atoms. The van der Waals surface area contributed by atoms with E-state index in [0.717, 1.165) is 69.7 Å². The quantitative estimate of drug-likeness (QED) is 0.457. The van der Waals surface area contributed by atoms with Gasteiger partial charge in [-0.2, -0.15) is 0 Å². The first kappa shape index (κ1) is 31.8. The third kappa shape index (κ3) is 7.11.